The zero-order valence-corrected chi connectivity index (χ0v) is 16.6. The fourth-order valence-corrected chi connectivity index (χ4v) is 4.96. The molecular formula is C16H19N5O5S2. The molecule has 4 N–H and O–H groups in total. The summed E-state index contributed by atoms with van der Waals surface area (Å²) in [5.74, 6) is -1.74. The number of amides is 2. The summed E-state index contributed by atoms with van der Waals surface area (Å²) < 4.78 is 0. The van der Waals surface area contributed by atoms with Gasteiger partial charge in [-0.15, -0.1) is 29.7 Å². The Morgan fingerprint density at radius 3 is 2.96 bits per heavy atom. The van der Waals surface area contributed by atoms with Crippen molar-refractivity contribution in [3.63, 3.8) is 0 Å². The van der Waals surface area contributed by atoms with Crippen molar-refractivity contribution in [2.75, 3.05) is 24.6 Å². The number of nitrogens with zero attached hydrogens (tertiary/aromatic N) is 3. The van der Waals surface area contributed by atoms with Gasteiger partial charge < -0.3 is 25.9 Å². The molecule has 2 aliphatic rings. The van der Waals surface area contributed by atoms with Gasteiger partial charge in [-0.05, 0) is 6.92 Å². The van der Waals surface area contributed by atoms with Crippen LogP contribution in [-0.4, -0.2) is 68.8 Å². The van der Waals surface area contributed by atoms with Gasteiger partial charge in [0.05, 0.1) is 0 Å². The van der Waals surface area contributed by atoms with Crippen LogP contribution in [0.5, 0.6) is 0 Å². The number of β-lactam (4-membered cyclic amide) rings is 1. The van der Waals surface area contributed by atoms with Gasteiger partial charge in [0.15, 0.2) is 10.8 Å². The Labute approximate surface area is 168 Å². The number of carbonyl (C=O) groups is 3. The van der Waals surface area contributed by atoms with Gasteiger partial charge in [-0.3, -0.25) is 14.4 Å². The van der Waals surface area contributed by atoms with Crippen LogP contribution in [0.3, 0.4) is 0 Å². The first kappa shape index (κ1) is 20.1. The molecule has 12 heteroatoms. The lowest BCUT2D eigenvalue weighted by Crippen LogP contribution is -2.73. The molecule has 0 aliphatic carbocycles. The molecule has 0 spiro atoms. The van der Waals surface area contributed by atoms with Crippen molar-refractivity contribution >= 4 is 51.7 Å². The molecule has 2 saturated heterocycles. The van der Waals surface area contributed by atoms with Crippen LogP contribution in [0.4, 0.5) is 5.13 Å². The van der Waals surface area contributed by atoms with E-state index in [9.17, 15) is 19.5 Å². The van der Waals surface area contributed by atoms with Gasteiger partial charge in [0.2, 0.25) is 5.91 Å². The highest BCUT2D eigenvalue weighted by Gasteiger charge is 2.56. The number of oxime groups is 1. The van der Waals surface area contributed by atoms with Gasteiger partial charge >= 0.3 is 5.97 Å². The zero-order valence-electron chi connectivity index (χ0n) is 15.0. The van der Waals surface area contributed by atoms with E-state index in [1.54, 1.807) is 12.3 Å². The lowest BCUT2D eigenvalue weighted by atomic mass is 9.87. The van der Waals surface area contributed by atoms with Crippen LogP contribution in [0.15, 0.2) is 23.2 Å². The molecule has 28 heavy (non-hydrogen) atoms. The first-order valence-electron chi connectivity index (χ1n) is 8.34. The van der Waals surface area contributed by atoms with Gasteiger partial charge in [-0.2, -0.15) is 0 Å². The molecule has 2 aliphatic heterocycles. The van der Waals surface area contributed by atoms with E-state index in [1.807, 2.05) is 0 Å². The minimum Gasteiger partial charge on any atom is -0.481 e. The topological polar surface area (TPSA) is 147 Å². The fraction of sp³-hybridized carbons (Fsp3) is 0.438. The minimum atomic E-state index is -1.19. The Morgan fingerprint density at radius 2 is 2.39 bits per heavy atom. The van der Waals surface area contributed by atoms with Crippen molar-refractivity contribution in [1.82, 2.24) is 15.2 Å². The standard InChI is InChI=1S/C16H19N5O5S2/c1-3-16(14(24)25)6-21-12(23)10(13(21)28-7-16)19-11(22)9(20-26-4-2)8-5-27-15(17)18-8/h3,5,10,13H,1,4,6-7H2,2H3,(H2,17,18)(H,19,22)(H,24,25)/t10?,13-,16?/m1/s1. The van der Waals surface area contributed by atoms with Crippen molar-refractivity contribution in [3.05, 3.63) is 23.7 Å². The van der Waals surface area contributed by atoms with Crippen molar-refractivity contribution in [3.8, 4) is 0 Å². The number of fused-ring (bicyclic) bond motifs is 1. The van der Waals surface area contributed by atoms with E-state index in [2.05, 4.69) is 22.0 Å². The molecule has 0 aromatic carbocycles. The summed E-state index contributed by atoms with van der Waals surface area (Å²) >= 11 is 2.44. The Hall–Kier alpha value is -2.60. The Bertz CT molecular complexity index is 856. The van der Waals surface area contributed by atoms with E-state index in [-0.39, 0.29) is 46.7 Å². The number of nitrogens with one attached hydrogen (secondary N) is 1. The molecule has 10 nitrogen and oxygen atoms in total. The fourth-order valence-electron chi connectivity index (χ4n) is 2.87. The second kappa shape index (κ2) is 7.80. The average molecular weight is 425 g/mol. The van der Waals surface area contributed by atoms with Gasteiger partial charge in [0.1, 0.15) is 29.1 Å². The van der Waals surface area contributed by atoms with E-state index in [1.165, 1.54) is 22.7 Å². The summed E-state index contributed by atoms with van der Waals surface area (Å²) in [5.41, 5.74) is 4.61. The van der Waals surface area contributed by atoms with E-state index < -0.39 is 23.3 Å². The maximum Gasteiger partial charge on any atom is 0.316 e. The van der Waals surface area contributed by atoms with Crippen LogP contribution in [0.2, 0.25) is 0 Å². The molecule has 0 bridgehead atoms. The third-order valence-electron chi connectivity index (χ3n) is 4.47. The number of carbonyl (C=O) groups excluding carboxylic acids is 2. The van der Waals surface area contributed by atoms with Crippen LogP contribution in [-0.2, 0) is 19.2 Å². The monoisotopic (exact) mass is 425 g/mol. The first-order chi connectivity index (χ1) is 13.3. The largest absolute Gasteiger partial charge is 0.481 e. The average Bonchev–Trinajstić information content (AvgIpc) is 3.11. The zero-order chi connectivity index (χ0) is 20.5. The molecule has 2 amide bonds. The van der Waals surface area contributed by atoms with Crippen LogP contribution in [0.25, 0.3) is 0 Å². The van der Waals surface area contributed by atoms with Crippen molar-refractivity contribution in [2.45, 2.75) is 18.3 Å². The summed E-state index contributed by atoms with van der Waals surface area (Å²) in [5, 5.41) is 17.4. The summed E-state index contributed by atoms with van der Waals surface area (Å²) in [4.78, 5) is 47.2. The Balaban J connectivity index is 1.72. The summed E-state index contributed by atoms with van der Waals surface area (Å²) in [6.45, 7) is 5.59. The van der Waals surface area contributed by atoms with Crippen molar-refractivity contribution in [2.24, 2.45) is 10.6 Å². The normalized spacial score (nSPS) is 26.8. The lowest BCUT2D eigenvalue weighted by molar-refractivity contribution is -0.156. The molecule has 0 radical (unpaired) electrons. The highest BCUT2D eigenvalue weighted by Crippen LogP contribution is 2.42. The quantitative estimate of drug-likeness (QED) is 0.242. The lowest BCUT2D eigenvalue weighted by Gasteiger charge is -2.53. The summed E-state index contributed by atoms with van der Waals surface area (Å²) in [6, 6.07) is -0.781. The van der Waals surface area contributed by atoms with Crippen LogP contribution < -0.4 is 11.1 Å². The van der Waals surface area contributed by atoms with Crippen molar-refractivity contribution < 1.29 is 24.3 Å². The molecule has 3 atom stereocenters. The highest BCUT2D eigenvalue weighted by atomic mass is 32.2. The third kappa shape index (κ3) is 3.44. The van der Waals surface area contributed by atoms with Crippen molar-refractivity contribution in [1.29, 1.82) is 0 Å². The maximum atomic E-state index is 12.7. The van der Waals surface area contributed by atoms with Crippen LogP contribution >= 0.6 is 23.1 Å². The number of thioether (sulfide) groups is 1. The third-order valence-corrected chi connectivity index (χ3v) is 6.70. The van der Waals surface area contributed by atoms with Gasteiger partial charge in [0, 0.05) is 17.7 Å². The Kier molecular flexibility index (Phi) is 5.61. The number of carboxylic acid groups (broad SMARTS) is 1. The predicted molar refractivity (Wildman–Crippen MR) is 105 cm³/mol. The van der Waals surface area contributed by atoms with Gasteiger partial charge in [0.25, 0.3) is 5.91 Å². The number of hydrogen-bond acceptors (Lipinski definition) is 9. The number of hydrogen-bond donors (Lipinski definition) is 3. The van der Waals surface area contributed by atoms with Crippen LogP contribution in [0, 0.1) is 5.41 Å². The number of nitrogen functional groups attached to an aromatic ring is 1. The second-order valence-corrected chi connectivity index (χ2v) is 8.21. The molecule has 150 valence electrons. The number of carboxylic acids is 1. The van der Waals surface area contributed by atoms with Gasteiger partial charge in [-0.1, -0.05) is 11.2 Å². The molecule has 2 fully saturated rings. The number of anilines is 1. The molecule has 3 rings (SSSR count). The predicted octanol–water partition coefficient (Wildman–Crippen LogP) is 0.123. The van der Waals surface area contributed by atoms with Gasteiger partial charge in [-0.25, -0.2) is 4.98 Å². The minimum absolute atomic E-state index is 0.0250. The van der Waals surface area contributed by atoms with E-state index >= 15 is 0 Å². The summed E-state index contributed by atoms with van der Waals surface area (Å²) in [7, 11) is 0. The van der Waals surface area contributed by atoms with E-state index in [0.717, 1.165) is 11.3 Å². The SMILES string of the molecule is C=CC1(C(=O)O)CS[C@@H]2C(NC(=O)C(=NOCC)c3csc(N)n3)C(=O)N2C1. The van der Waals surface area contributed by atoms with E-state index in [0.29, 0.717) is 0 Å². The number of rotatable bonds is 7. The smallest absolute Gasteiger partial charge is 0.316 e. The molecule has 2 unspecified atom stereocenters. The number of nitrogens with two attached hydrogens (primary N) is 1. The molecule has 1 aromatic heterocycles. The molecule has 3 heterocycles. The number of thiazole rings is 1. The van der Waals surface area contributed by atoms with E-state index in [4.69, 9.17) is 10.6 Å². The maximum absolute atomic E-state index is 12.7. The number of aliphatic carboxylic acids is 1. The first-order valence-corrected chi connectivity index (χ1v) is 10.3. The van der Waals surface area contributed by atoms with Crippen LogP contribution in [0.1, 0.15) is 12.6 Å². The second-order valence-electron chi connectivity index (χ2n) is 6.21. The Morgan fingerprint density at radius 1 is 1.64 bits per heavy atom. The summed E-state index contributed by atoms with van der Waals surface area (Å²) in [6.07, 6.45) is 1.36. The molecular weight excluding hydrogens is 406 g/mol. The number of aromatic nitrogens is 1. The molecule has 0 saturated carbocycles. The molecule has 1 aromatic rings. The highest BCUT2D eigenvalue weighted by molar-refractivity contribution is 8.00.